The van der Waals surface area contributed by atoms with Crippen LogP contribution in [-0.4, -0.2) is 11.5 Å². The summed E-state index contributed by atoms with van der Waals surface area (Å²) in [6, 6.07) is 8.43. The van der Waals surface area contributed by atoms with Crippen LogP contribution in [0.3, 0.4) is 0 Å². The Morgan fingerprint density at radius 1 is 1.47 bits per heavy atom. The number of rotatable bonds is 5. The molecule has 0 N–H and O–H groups in total. The number of hydrogen-bond donors (Lipinski definition) is 0. The molecule has 0 atom stereocenters. The van der Waals surface area contributed by atoms with E-state index >= 15 is 0 Å². The summed E-state index contributed by atoms with van der Waals surface area (Å²) >= 11 is 0. The van der Waals surface area contributed by atoms with Gasteiger partial charge in [-0.25, -0.2) is 0 Å². The average molecular weight is 232 g/mol. The fourth-order valence-corrected chi connectivity index (χ4v) is 1.68. The Labute approximate surface area is 98.8 Å². The molecule has 1 saturated carbocycles. The van der Waals surface area contributed by atoms with E-state index < -0.39 is 4.92 Å². The van der Waals surface area contributed by atoms with Crippen LogP contribution in [0.5, 0.6) is 5.75 Å². The lowest BCUT2D eigenvalue weighted by molar-refractivity contribution is -0.385. The number of nitrogens with zero attached hydrogens (tertiary/aromatic N) is 2. The number of nitriles is 1. The molecule has 1 aromatic rings. The first-order chi connectivity index (χ1) is 8.17. The van der Waals surface area contributed by atoms with Gasteiger partial charge in [-0.05, 0) is 18.9 Å². The van der Waals surface area contributed by atoms with Gasteiger partial charge in [0.1, 0.15) is 0 Å². The van der Waals surface area contributed by atoms with Gasteiger partial charge < -0.3 is 4.74 Å². The Bertz CT molecular complexity index is 475. The quantitative estimate of drug-likeness (QED) is 0.577. The van der Waals surface area contributed by atoms with Crippen molar-refractivity contribution in [2.75, 3.05) is 6.61 Å². The van der Waals surface area contributed by atoms with Gasteiger partial charge in [0.05, 0.1) is 17.6 Å². The molecule has 0 heterocycles. The van der Waals surface area contributed by atoms with E-state index in [2.05, 4.69) is 6.07 Å². The first-order valence-corrected chi connectivity index (χ1v) is 5.40. The smallest absolute Gasteiger partial charge is 0.310 e. The maximum Gasteiger partial charge on any atom is 0.310 e. The highest BCUT2D eigenvalue weighted by Crippen LogP contribution is 2.49. The van der Waals surface area contributed by atoms with Gasteiger partial charge in [-0.1, -0.05) is 12.1 Å². The molecule has 1 aliphatic rings. The normalized spacial score (nSPS) is 15.9. The van der Waals surface area contributed by atoms with Crippen LogP contribution in [0.15, 0.2) is 24.3 Å². The Morgan fingerprint density at radius 2 is 2.18 bits per heavy atom. The molecular weight excluding hydrogens is 220 g/mol. The number of hydrogen-bond acceptors (Lipinski definition) is 4. The molecule has 5 heteroatoms. The summed E-state index contributed by atoms with van der Waals surface area (Å²) in [4.78, 5) is 10.3. The molecule has 1 fully saturated rings. The summed E-state index contributed by atoms with van der Waals surface area (Å²) in [5.41, 5.74) is -0.0985. The van der Waals surface area contributed by atoms with Crippen LogP contribution in [0.2, 0.25) is 0 Å². The van der Waals surface area contributed by atoms with Crippen LogP contribution in [0, 0.1) is 26.9 Å². The predicted octanol–water partition coefficient (Wildman–Crippen LogP) is 2.67. The molecule has 17 heavy (non-hydrogen) atoms. The van der Waals surface area contributed by atoms with E-state index in [4.69, 9.17) is 10.00 Å². The molecule has 1 aliphatic carbocycles. The van der Waals surface area contributed by atoms with Gasteiger partial charge in [-0.2, -0.15) is 5.26 Å². The lowest BCUT2D eigenvalue weighted by atomic mass is 10.1. The zero-order valence-corrected chi connectivity index (χ0v) is 9.26. The van der Waals surface area contributed by atoms with Crippen LogP contribution in [-0.2, 0) is 0 Å². The van der Waals surface area contributed by atoms with E-state index in [-0.39, 0.29) is 16.9 Å². The van der Waals surface area contributed by atoms with Crippen molar-refractivity contribution in [3.63, 3.8) is 0 Å². The summed E-state index contributed by atoms with van der Waals surface area (Å²) in [7, 11) is 0. The third-order valence-corrected chi connectivity index (χ3v) is 3.01. The molecule has 0 radical (unpaired) electrons. The maximum atomic E-state index is 10.8. The highest BCUT2D eigenvalue weighted by atomic mass is 16.6. The zero-order valence-electron chi connectivity index (χ0n) is 9.26. The van der Waals surface area contributed by atoms with Gasteiger partial charge in [-0.3, -0.25) is 10.1 Å². The topological polar surface area (TPSA) is 76.2 Å². The monoisotopic (exact) mass is 232 g/mol. The molecular formula is C12H12N2O3. The summed E-state index contributed by atoms with van der Waals surface area (Å²) in [6.45, 7) is 0.380. The summed E-state index contributed by atoms with van der Waals surface area (Å²) in [5.74, 6) is 0.279. The number of nitro benzene ring substituents is 1. The molecule has 0 saturated heterocycles. The molecule has 2 rings (SSSR count). The molecule has 5 nitrogen and oxygen atoms in total. The van der Waals surface area contributed by atoms with Gasteiger partial charge >= 0.3 is 5.69 Å². The van der Waals surface area contributed by atoms with E-state index in [1.54, 1.807) is 18.2 Å². The van der Waals surface area contributed by atoms with Gasteiger partial charge in [0.25, 0.3) is 0 Å². The number of para-hydroxylation sites is 2. The first-order valence-electron chi connectivity index (χ1n) is 5.40. The maximum absolute atomic E-state index is 10.8. The third-order valence-electron chi connectivity index (χ3n) is 3.01. The van der Waals surface area contributed by atoms with Crippen LogP contribution in [0.1, 0.15) is 19.3 Å². The zero-order chi connectivity index (χ0) is 12.3. The Hall–Kier alpha value is -2.09. The van der Waals surface area contributed by atoms with Crippen molar-refractivity contribution < 1.29 is 9.66 Å². The van der Waals surface area contributed by atoms with Crippen LogP contribution < -0.4 is 4.74 Å². The summed E-state index contributed by atoms with van der Waals surface area (Å²) < 4.78 is 5.49. The minimum Gasteiger partial charge on any atom is -0.486 e. The number of nitro groups is 1. The van der Waals surface area contributed by atoms with E-state index in [0.29, 0.717) is 13.0 Å². The van der Waals surface area contributed by atoms with Crippen LogP contribution >= 0.6 is 0 Å². The molecule has 0 amide bonds. The fraction of sp³-hybridized carbons (Fsp3) is 0.417. The summed E-state index contributed by atoms with van der Waals surface area (Å²) in [6.07, 6.45) is 2.37. The van der Waals surface area contributed by atoms with Crippen molar-refractivity contribution in [2.24, 2.45) is 5.41 Å². The highest BCUT2D eigenvalue weighted by molar-refractivity contribution is 5.45. The van der Waals surface area contributed by atoms with E-state index in [1.165, 1.54) is 6.07 Å². The Kier molecular flexibility index (Phi) is 2.96. The molecule has 0 aromatic heterocycles. The van der Waals surface area contributed by atoms with Gasteiger partial charge in [0, 0.05) is 17.9 Å². The van der Waals surface area contributed by atoms with Crippen LogP contribution in [0.25, 0.3) is 0 Å². The molecule has 0 aliphatic heterocycles. The second kappa shape index (κ2) is 4.42. The largest absolute Gasteiger partial charge is 0.486 e. The minimum atomic E-state index is -0.459. The van der Waals surface area contributed by atoms with Crippen molar-refractivity contribution in [3.05, 3.63) is 34.4 Å². The second-order valence-corrected chi connectivity index (χ2v) is 4.35. The lowest BCUT2D eigenvalue weighted by Gasteiger charge is -2.12. The Balaban J connectivity index is 2.05. The summed E-state index contributed by atoms with van der Waals surface area (Å²) in [5, 5.41) is 19.4. The third kappa shape index (κ3) is 2.53. The van der Waals surface area contributed by atoms with Crippen molar-refractivity contribution in [3.8, 4) is 11.8 Å². The number of benzene rings is 1. The van der Waals surface area contributed by atoms with Gasteiger partial charge in [-0.15, -0.1) is 0 Å². The predicted molar refractivity (Wildman–Crippen MR) is 60.5 cm³/mol. The van der Waals surface area contributed by atoms with E-state index in [9.17, 15) is 10.1 Å². The van der Waals surface area contributed by atoms with Gasteiger partial charge in [0.2, 0.25) is 0 Å². The molecule has 1 aromatic carbocycles. The van der Waals surface area contributed by atoms with Crippen molar-refractivity contribution in [1.82, 2.24) is 0 Å². The number of ether oxygens (including phenoxy) is 1. The second-order valence-electron chi connectivity index (χ2n) is 4.35. The van der Waals surface area contributed by atoms with Crippen LogP contribution in [0.4, 0.5) is 5.69 Å². The van der Waals surface area contributed by atoms with E-state index in [0.717, 1.165) is 12.8 Å². The average Bonchev–Trinajstić information content (AvgIpc) is 3.08. The molecule has 0 bridgehead atoms. The van der Waals surface area contributed by atoms with Crippen molar-refractivity contribution in [1.29, 1.82) is 5.26 Å². The van der Waals surface area contributed by atoms with Crippen molar-refractivity contribution in [2.45, 2.75) is 19.3 Å². The standard InChI is InChI=1S/C12H12N2O3/c13-8-7-12(5-6-12)9-17-11-4-2-1-3-10(11)14(15)16/h1-4H,5-7,9H2. The van der Waals surface area contributed by atoms with E-state index in [1.807, 2.05) is 0 Å². The SMILES string of the molecule is N#CCC1(COc2ccccc2[N+](=O)[O-])CC1. The fourth-order valence-electron chi connectivity index (χ4n) is 1.68. The molecule has 88 valence electrons. The van der Waals surface area contributed by atoms with Gasteiger partial charge in [0.15, 0.2) is 5.75 Å². The first kappa shape index (κ1) is 11.4. The minimum absolute atomic E-state index is 0.0275. The molecule has 0 unspecified atom stereocenters. The Morgan fingerprint density at radius 3 is 2.76 bits per heavy atom. The lowest BCUT2D eigenvalue weighted by Crippen LogP contribution is -2.13. The molecule has 0 spiro atoms. The van der Waals surface area contributed by atoms with Crippen molar-refractivity contribution >= 4 is 5.69 Å². The highest BCUT2D eigenvalue weighted by Gasteiger charge is 2.43.